The predicted molar refractivity (Wildman–Crippen MR) is 125 cm³/mol. The molecule has 2 heterocycles. The van der Waals surface area contributed by atoms with E-state index in [2.05, 4.69) is 0 Å². The van der Waals surface area contributed by atoms with E-state index in [1.165, 1.54) is 6.07 Å². The second-order valence-corrected chi connectivity index (χ2v) is 8.04. The highest BCUT2D eigenvalue weighted by Crippen LogP contribution is 2.24. The predicted octanol–water partition coefficient (Wildman–Crippen LogP) is 4.09. The lowest BCUT2D eigenvalue weighted by molar-refractivity contribution is 0.0228. The number of hydrogen-bond donors (Lipinski definition) is 0. The van der Waals surface area contributed by atoms with Gasteiger partial charge in [0.25, 0.3) is 11.8 Å². The standard InChI is InChI=1S/C27H19NO7/c1-16-12-24(29)35-23-13-19(10-11-20(16)23)33-14-17-6-8-18(9-7-17)27(32)34-15-28-25(30)21-4-2-3-5-22(21)26(28)31/h2-13H,14-15H2,1H3. The van der Waals surface area contributed by atoms with Gasteiger partial charge >= 0.3 is 11.6 Å². The topological polar surface area (TPSA) is 103 Å². The Balaban J connectivity index is 1.19. The molecule has 35 heavy (non-hydrogen) atoms. The largest absolute Gasteiger partial charge is 0.489 e. The molecule has 0 fully saturated rings. The molecule has 0 radical (unpaired) electrons. The summed E-state index contributed by atoms with van der Waals surface area (Å²) >= 11 is 0. The quantitative estimate of drug-likeness (QED) is 0.238. The Hall–Kier alpha value is -4.72. The summed E-state index contributed by atoms with van der Waals surface area (Å²) in [6, 6.07) is 19.8. The molecular formula is C27H19NO7. The van der Waals surface area contributed by atoms with Crippen molar-refractivity contribution in [3.63, 3.8) is 0 Å². The second-order valence-electron chi connectivity index (χ2n) is 8.04. The van der Waals surface area contributed by atoms with Crippen molar-refractivity contribution < 1.29 is 28.3 Å². The molecule has 0 saturated heterocycles. The average molecular weight is 469 g/mol. The van der Waals surface area contributed by atoms with E-state index in [-0.39, 0.29) is 12.2 Å². The summed E-state index contributed by atoms with van der Waals surface area (Å²) in [6.45, 7) is 1.60. The molecule has 1 aliphatic rings. The number of amides is 2. The minimum atomic E-state index is -0.658. The van der Waals surface area contributed by atoms with Crippen LogP contribution in [0.15, 0.2) is 82.0 Å². The van der Waals surface area contributed by atoms with E-state index in [1.807, 2.05) is 13.0 Å². The van der Waals surface area contributed by atoms with Gasteiger partial charge in [-0.25, -0.2) is 14.5 Å². The average Bonchev–Trinajstić information content (AvgIpc) is 3.10. The van der Waals surface area contributed by atoms with E-state index in [9.17, 15) is 19.2 Å². The maximum Gasteiger partial charge on any atom is 0.339 e. The van der Waals surface area contributed by atoms with E-state index in [1.54, 1.807) is 60.7 Å². The number of fused-ring (bicyclic) bond motifs is 2. The van der Waals surface area contributed by atoms with Crippen molar-refractivity contribution in [2.75, 3.05) is 6.73 Å². The zero-order valence-electron chi connectivity index (χ0n) is 18.6. The summed E-state index contributed by atoms with van der Waals surface area (Å²) < 4.78 is 16.2. The highest BCUT2D eigenvalue weighted by Gasteiger charge is 2.35. The van der Waals surface area contributed by atoms with Gasteiger partial charge in [0, 0.05) is 17.5 Å². The smallest absolute Gasteiger partial charge is 0.339 e. The van der Waals surface area contributed by atoms with Crippen LogP contribution < -0.4 is 10.4 Å². The zero-order chi connectivity index (χ0) is 24.5. The molecule has 174 valence electrons. The first kappa shape index (κ1) is 22.1. The first-order chi connectivity index (χ1) is 16.9. The van der Waals surface area contributed by atoms with Crippen LogP contribution in [0.1, 0.15) is 42.2 Å². The first-order valence-corrected chi connectivity index (χ1v) is 10.8. The molecular weight excluding hydrogens is 450 g/mol. The molecule has 8 nitrogen and oxygen atoms in total. The summed E-state index contributed by atoms with van der Waals surface area (Å²) in [4.78, 5) is 49.7. The Bertz CT molecular complexity index is 1500. The van der Waals surface area contributed by atoms with Crippen LogP contribution in [0.4, 0.5) is 0 Å². The Morgan fingerprint density at radius 1 is 0.886 bits per heavy atom. The van der Waals surface area contributed by atoms with Crippen LogP contribution in [0.25, 0.3) is 11.0 Å². The number of ether oxygens (including phenoxy) is 2. The van der Waals surface area contributed by atoms with Gasteiger partial charge in [-0.2, -0.15) is 0 Å². The molecule has 0 aliphatic carbocycles. The van der Waals surface area contributed by atoms with Crippen molar-refractivity contribution in [1.29, 1.82) is 0 Å². The van der Waals surface area contributed by atoms with Crippen LogP contribution in [-0.2, 0) is 11.3 Å². The van der Waals surface area contributed by atoms with E-state index in [4.69, 9.17) is 13.9 Å². The lowest BCUT2D eigenvalue weighted by atomic mass is 10.1. The fraction of sp³-hybridized carbons (Fsp3) is 0.111. The van der Waals surface area contributed by atoms with Gasteiger partial charge in [0.2, 0.25) is 0 Å². The number of rotatable bonds is 6. The molecule has 0 atom stereocenters. The number of aryl methyl sites for hydroxylation is 1. The van der Waals surface area contributed by atoms with Crippen LogP contribution in [0, 0.1) is 6.92 Å². The summed E-state index contributed by atoms with van der Waals surface area (Å²) in [5.74, 6) is -1.10. The number of benzene rings is 3. The van der Waals surface area contributed by atoms with Crippen molar-refractivity contribution >= 4 is 28.8 Å². The van der Waals surface area contributed by atoms with Gasteiger partial charge in [-0.3, -0.25) is 9.59 Å². The SMILES string of the molecule is Cc1cc(=O)oc2cc(OCc3ccc(C(=O)OCN4C(=O)c5ccccc5C4=O)cc3)ccc12. The molecule has 0 spiro atoms. The number of esters is 1. The molecule has 4 aromatic rings. The number of imide groups is 1. The molecule has 2 amide bonds. The fourth-order valence-electron chi connectivity index (χ4n) is 3.86. The maximum absolute atomic E-state index is 12.4. The van der Waals surface area contributed by atoms with E-state index >= 15 is 0 Å². The molecule has 1 aromatic heterocycles. The van der Waals surface area contributed by atoms with E-state index < -0.39 is 30.1 Å². The third-order valence-electron chi connectivity index (χ3n) is 5.72. The van der Waals surface area contributed by atoms with Gasteiger partial charge < -0.3 is 13.9 Å². The molecule has 0 bridgehead atoms. The van der Waals surface area contributed by atoms with Gasteiger partial charge in [0.15, 0.2) is 6.73 Å². The first-order valence-electron chi connectivity index (χ1n) is 10.8. The van der Waals surface area contributed by atoms with Crippen molar-refractivity contribution in [1.82, 2.24) is 4.90 Å². The molecule has 3 aromatic carbocycles. The van der Waals surface area contributed by atoms with Crippen LogP contribution in [-0.4, -0.2) is 29.4 Å². The van der Waals surface area contributed by atoms with Crippen molar-refractivity contribution in [2.45, 2.75) is 13.5 Å². The zero-order valence-corrected chi connectivity index (χ0v) is 18.6. The van der Waals surface area contributed by atoms with Gasteiger partial charge in [-0.1, -0.05) is 24.3 Å². The molecule has 0 saturated carbocycles. The van der Waals surface area contributed by atoms with Gasteiger partial charge in [0.1, 0.15) is 17.9 Å². The van der Waals surface area contributed by atoms with Crippen LogP contribution in [0.2, 0.25) is 0 Å². The fourth-order valence-corrected chi connectivity index (χ4v) is 3.86. The Labute approximate surface area is 199 Å². The molecule has 8 heteroatoms. The van der Waals surface area contributed by atoms with Crippen molar-refractivity contribution in [2.24, 2.45) is 0 Å². The molecule has 5 rings (SSSR count). The van der Waals surface area contributed by atoms with Crippen LogP contribution in [0.3, 0.4) is 0 Å². The lowest BCUT2D eigenvalue weighted by Crippen LogP contribution is -2.33. The third kappa shape index (κ3) is 4.29. The number of carbonyl (C=O) groups is 3. The van der Waals surface area contributed by atoms with Crippen molar-refractivity contribution in [3.8, 4) is 5.75 Å². The minimum Gasteiger partial charge on any atom is -0.489 e. The van der Waals surface area contributed by atoms with E-state index in [0.717, 1.165) is 21.4 Å². The Morgan fingerprint density at radius 3 is 2.26 bits per heavy atom. The van der Waals surface area contributed by atoms with Crippen LogP contribution in [0.5, 0.6) is 5.75 Å². The van der Waals surface area contributed by atoms with Gasteiger partial charge in [-0.15, -0.1) is 0 Å². The summed E-state index contributed by atoms with van der Waals surface area (Å²) in [5, 5.41) is 0.834. The summed E-state index contributed by atoms with van der Waals surface area (Å²) in [6.07, 6.45) is 0. The molecule has 1 aliphatic heterocycles. The summed E-state index contributed by atoms with van der Waals surface area (Å²) in [5.41, 5.74) is 2.51. The highest BCUT2D eigenvalue weighted by molar-refractivity contribution is 6.21. The molecule has 0 unspecified atom stereocenters. The lowest BCUT2D eigenvalue weighted by Gasteiger charge is -2.14. The van der Waals surface area contributed by atoms with Gasteiger partial charge in [0.05, 0.1) is 16.7 Å². The minimum absolute atomic E-state index is 0.228. The number of nitrogens with zero attached hydrogens (tertiary/aromatic N) is 1. The van der Waals surface area contributed by atoms with Crippen molar-refractivity contribution in [3.05, 3.63) is 111 Å². The van der Waals surface area contributed by atoms with Gasteiger partial charge in [-0.05, 0) is 54.4 Å². The molecule has 0 N–H and O–H groups in total. The Kier molecular flexibility index (Phi) is 5.62. The number of carbonyl (C=O) groups excluding carboxylic acids is 3. The second kappa shape index (κ2) is 8.90. The normalized spacial score (nSPS) is 12.7. The van der Waals surface area contributed by atoms with Crippen LogP contribution >= 0.6 is 0 Å². The van der Waals surface area contributed by atoms with E-state index in [0.29, 0.717) is 22.5 Å². The Morgan fingerprint density at radius 2 is 1.57 bits per heavy atom. The third-order valence-corrected chi connectivity index (χ3v) is 5.72. The number of hydrogen-bond acceptors (Lipinski definition) is 7. The highest BCUT2D eigenvalue weighted by atomic mass is 16.5. The maximum atomic E-state index is 12.4. The summed E-state index contributed by atoms with van der Waals surface area (Å²) in [7, 11) is 0. The monoisotopic (exact) mass is 469 g/mol.